The maximum absolute atomic E-state index is 4.97. The average Bonchev–Trinajstić information content (AvgIpc) is 3.41. The Hall–Kier alpha value is -1.47. The van der Waals surface area contributed by atoms with Gasteiger partial charge in [0.25, 0.3) is 0 Å². The molecule has 1 aromatic heterocycles. The van der Waals surface area contributed by atoms with Crippen molar-refractivity contribution in [1.29, 1.82) is 0 Å². The molecule has 5 rings (SSSR count). The second-order valence-corrected chi connectivity index (χ2v) is 9.57. The van der Waals surface area contributed by atoms with Gasteiger partial charge in [-0.3, -0.25) is 0 Å². The van der Waals surface area contributed by atoms with E-state index in [9.17, 15) is 0 Å². The summed E-state index contributed by atoms with van der Waals surface area (Å²) < 4.78 is 6.47. The van der Waals surface area contributed by atoms with Gasteiger partial charge >= 0.3 is 41.3 Å². The van der Waals surface area contributed by atoms with E-state index in [0.29, 0.717) is 5.92 Å². The molecule has 30 heavy (non-hydrogen) atoms. The Balaban J connectivity index is 0.000000244. The van der Waals surface area contributed by atoms with Gasteiger partial charge in [0.05, 0.1) is 6.26 Å². The minimum absolute atomic E-state index is 0. The van der Waals surface area contributed by atoms with Crippen molar-refractivity contribution >= 4 is 8.78 Å². The molecular formula is C26H24Cl2OZr-2. The number of fused-ring (bicyclic) bond motifs is 3. The van der Waals surface area contributed by atoms with Gasteiger partial charge in [0.1, 0.15) is 0 Å². The Morgan fingerprint density at radius 1 is 1.03 bits per heavy atom. The molecule has 1 atom stereocenters. The summed E-state index contributed by atoms with van der Waals surface area (Å²) in [6.07, 6.45) is 12.0. The van der Waals surface area contributed by atoms with Crippen LogP contribution in [0.25, 0.3) is 16.7 Å². The molecule has 1 heterocycles. The third kappa shape index (κ3) is 7.34. The van der Waals surface area contributed by atoms with Crippen molar-refractivity contribution in [3.63, 3.8) is 0 Å². The summed E-state index contributed by atoms with van der Waals surface area (Å²) in [5.41, 5.74) is 7.77. The van der Waals surface area contributed by atoms with Gasteiger partial charge in [-0.25, -0.2) is 0 Å². The number of rotatable bonds is 1. The van der Waals surface area contributed by atoms with Crippen LogP contribution in [0.2, 0.25) is 0 Å². The first-order valence-corrected chi connectivity index (χ1v) is 10.7. The van der Waals surface area contributed by atoms with Crippen LogP contribution >= 0.6 is 0 Å². The van der Waals surface area contributed by atoms with Crippen molar-refractivity contribution in [3.8, 4) is 11.1 Å². The van der Waals surface area contributed by atoms with Crippen molar-refractivity contribution in [3.05, 3.63) is 102 Å². The van der Waals surface area contributed by atoms with Gasteiger partial charge in [0.15, 0.2) is 0 Å². The zero-order valence-electron chi connectivity index (χ0n) is 17.4. The smallest absolute Gasteiger partial charge is 0.0253 e. The number of hydrogen-bond donors (Lipinski definition) is 0. The molecule has 0 saturated heterocycles. The van der Waals surface area contributed by atoms with Gasteiger partial charge < -0.3 is 29.2 Å². The van der Waals surface area contributed by atoms with Gasteiger partial charge in [-0.05, 0) is 6.42 Å². The van der Waals surface area contributed by atoms with E-state index in [4.69, 9.17) is 4.42 Å². The van der Waals surface area contributed by atoms with E-state index in [-0.39, 0.29) is 24.8 Å². The molecule has 154 valence electrons. The molecule has 1 unspecified atom stereocenters. The predicted molar refractivity (Wildman–Crippen MR) is 114 cm³/mol. The first-order chi connectivity index (χ1) is 13.5. The van der Waals surface area contributed by atoms with Gasteiger partial charge in [0.2, 0.25) is 0 Å². The Labute approximate surface area is 207 Å². The van der Waals surface area contributed by atoms with Crippen molar-refractivity contribution in [1.82, 2.24) is 0 Å². The third-order valence-electron chi connectivity index (χ3n) is 4.38. The molecule has 4 heteroatoms. The summed E-state index contributed by atoms with van der Waals surface area (Å²) in [6.45, 7) is 6.36. The summed E-state index contributed by atoms with van der Waals surface area (Å²) >= 11 is 1.55. The third-order valence-corrected chi connectivity index (χ3v) is 4.38. The second kappa shape index (κ2) is 13.1. The van der Waals surface area contributed by atoms with Crippen LogP contribution < -0.4 is 24.8 Å². The molecule has 2 aromatic carbocycles. The molecule has 0 amide bonds. The van der Waals surface area contributed by atoms with E-state index >= 15 is 0 Å². The normalized spacial score (nSPS) is 14.4. The SMILES string of the molecule is CC1[C-]=C(c2ccoc2)C=C1.C[C](C)=[Zr+2].[Cl-].[Cl-].[c-]1cccc2c1Cc1ccccc1-2. The fourth-order valence-electron chi connectivity index (χ4n) is 3.18. The van der Waals surface area contributed by atoms with E-state index in [2.05, 4.69) is 81.5 Å². The molecule has 0 fully saturated rings. The van der Waals surface area contributed by atoms with Gasteiger partial charge in [0, 0.05) is 6.26 Å². The average molecular weight is 515 g/mol. The van der Waals surface area contributed by atoms with E-state index in [1.165, 1.54) is 25.5 Å². The number of allylic oxidation sites excluding steroid dienone is 4. The number of hydrogen-bond acceptors (Lipinski definition) is 1. The minimum atomic E-state index is 0. The molecule has 2 aliphatic carbocycles. The van der Waals surface area contributed by atoms with Gasteiger partial charge in [-0.1, -0.05) is 59.9 Å². The summed E-state index contributed by atoms with van der Waals surface area (Å²) in [4.78, 5) is 0. The molecule has 0 N–H and O–H groups in total. The van der Waals surface area contributed by atoms with Crippen LogP contribution in [0.4, 0.5) is 0 Å². The van der Waals surface area contributed by atoms with Crippen LogP contribution in [-0.2, 0) is 30.7 Å². The molecule has 0 radical (unpaired) electrons. The number of benzene rings is 2. The molecule has 1 nitrogen and oxygen atoms in total. The standard InChI is InChI=1S/C13H9.C10H9O.C3H6.2ClH.Zr/c1-3-7-12-10(5-1)9-11-6-2-4-8-13(11)12;1-8-2-3-9(6-8)10-4-5-11-7-10;1-3-2;;;/h1-5,7-8H,9H2;2-5,7-8H,1H3;1-2H3;2*1H;/q2*-1;;;;+2/p-2. The molecular weight excluding hydrogens is 490 g/mol. The van der Waals surface area contributed by atoms with Gasteiger partial charge in [-0.2, -0.15) is 47.6 Å². The summed E-state index contributed by atoms with van der Waals surface area (Å²) in [5, 5.41) is 0. The van der Waals surface area contributed by atoms with Crippen LogP contribution in [0.1, 0.15) is 37.5 Å². The van der Waals surface area contributed by atoms with Gasteiger partial charge in [-0.15, -0.1) is 11.6 Å². The van der Waals surface area contributed by atoms with E-state index in [1.54, 1.807) is 36.8 Å². The predicted octanol–water partition coefficient (Wildman–Crippen LogP) is 0.483. The first kappa shape index (κ1) is 26.6. The van der Waals surface area contributed by atoms with Crippen molar-refractivity contribution in [2.45, 2.75) is 27.2 Å². The van der Waals surface area contributed by atoms with Crippen LogP contribution in [0.15, 0.2) is 77.6 Å². The van der Waals surface area contributed by atoms with Crippen LogP contribution in [0, 0.1) is 18.1 Å². The molecule has 0 bridgehead atoms. The largest absolute Gasteiger partial charge is 1.00 e. The van der Waals surface area contributed by atoms with Crippen molar-refractivity contribution in [2.24, 2.45) is 5.92 Å². The molecule has 0 aliphatic heterocycles. The second-order valence-electron chi connectivity index (χ2n) is 7.11. The van der Waals surface area contributed by atoms with Crippen LogP contribution in [0.5, 0.6) is 0 Å². The molecule has 0 spiro atoms. The van der Waals surface area contributed by atoms with E-state index < -0.39 is 0 Å². The molecule has 0 saturated carbocycles. The molecule has 2 aliphatic rings. The summed E-state index contributed by atoms with van der Waals surface area (Å²) in [5.74, 6) is 0.444. The maximum atomic E-state index is 4.97. The topological polar surface area (TPSA) is 13.1 Å². The molecule has 3 aromatic rings. The van der Waals surface area contributed by atoms with E-state index in [0.717, 1.165) is 17.6 Å². The minimum Gasteiger partial charge on any atom is -1.00 e. The van der Waals surface area contributed by atoms with Crippen LogP contribution in [-0.4, -0.2) is 3.21 Å². The van der Waals surface area contributed by atoms with Crippen LogP contribution in [0.3, 0.4) is 0 Å². The summed E-state index contributed by atoms with van der Waals surface area (Å²) in [7, 11) is 0. The Bertz CT molecular complexity index is 956. The van der Waals surface area contributed by atoms with Crippen molar-refractivity contribution in [2.75, 3.05) is 0 Å². The Kier molecular flexibility index (Phi) is 11.6. The fraction of sp³-hybridized carbons (Fsp3) is 0.192. The monoisotopic (exact) mass is 512 g/mol. The zero-order chi connectivity index (χ0) is 19.9. The quantitative estimate of drug-likeness (QED) is 0.337. The summed E-state index contributed by atoms with van der Waals surface area (Å²) in [6, 6.07) is 20.1. The number of furan rings is 1. The fourth-order valence-corrected chi connectivity index (χ4v) is 3.18. The van der Waals surface area contributed by atoms with E-state index in [1.807, 2.05) is 12.1 Å². The maximum Gasteiger partial charge on any atom is -0.0253 e. The van der Waals surface area contributed by atoms with Crippen molar-refractivity contribution < 1.29 is 53.5 Å². The Morgan fingerprint density at radius 2 is 1.73 bits per heavy atom. The first-order valence-electron chi connectivity index (χ1n) is 9.48. The zero-order valence-corrected chi connectivity index (χ0v) is 21.3. The Morgan fingerprint density at radius 3 is 2.37 bits per heavy atom. The number of halogens is 2.